The van der Waals surface area contributed by atoms with Gasteiger partial charge in [0.2, 0.25) is 0 Å². The minimum absolute atomic E-state index is 0.0998. The number of rotatable bonds is 7. The Kier molecular flexibility index (Phi) is 6.22. The molecule has 0 spiro atoms. The molecule has 3 rings (SSSR count). The standard InChI is InChI=1S/C22H24N4O2/c1-15(2)19-10-9-16(3)11-20(19)28-14-21(27)25-23-12-18-13-24-26-22(18)17-7-5-4-6-8-17/h4-13,15H,14H2,1-3H3,(H,24,26)(H,25,27)/b23-12-. The molecule has 0 saturated heterocycles. The average molecular weight is 376 g/mol. The number of carbonyl (C=O) groups excluding carboxylic acids is 1. The van der Waals surface area contributed by atoms with Gasteiger partial charge in [-0.05, 0) is 30.0 Å². The molecule has 0 bridgehead atoms. The Balaban J connectivity index is 1.59. The lowest BCUT2D eigenvalue weighted by atomic mass is 10.0. The minimum atomic E-state index is -0.322. The topological polar surface area (TPSA) is 79.4 Å². The van der Waals surface area contributed by atoms with Gasteiger partial charge in [0.1, 0.15) is 5.75 Å². The number of aromatic nitrogens is 2. The van der Waals surface area contributed by atoms with Gasteiger partial charge in [-0.3, -0.25) is 9.89 Å². The molecule has 2 N–H and O–H groups in total. The van der Waals surface area contributed by atoms with Crippen molar-refractivity contribution in [1.82, 2.24) is 15.6 Å². The maximum absolute atomic E-state index is 12.1. The largest absolute Gasteiger partial charge is 0.483 e. The quantitative estimate of drug-likeness (QED) is 0.482. The molecule has 0 fully saturated rings. The smallest absolute Gasteiger partial charge is 0.277 e. The lowest BCUT2D eigenvalue weighted by molar-refractivity contribution is -0.123. The number of carbonyl (C=O) groups is 1. The van der Waals surface area contributed by atoms with Gasteiger partial charge in [0.15, 0.2) is 6.61 Å². The Bertz CT molecular complexity index is 962. The molecular weight excluding hydrogens is 352 g/mol. The summed E-state index contributed by atoms with van der Waals surface area (Å²) in [5, 5.41) is 11.0. The molecule has 1 heterocycles. The van der Waals surface area contributed by atoms with E-state index in [1.54, 1.807) is 12.4 Å². The molecule has 3 aromatic rings. The molecule has 0 saturated carbocycles. The summed E-state index contributed by atoms with van der Waals surface area (Å²) < 4.78 is 5.72. The molecule has 1 aromatic heterocycles. The molecule has 0 aliphatic carbocycles. The van der Waals surface area contributed by atoms with Crippen LogP contribution < -0.4 is 10.2 Å². The normalized spacial score (nSPS) is 11.1. The van der Waals surface area contributed by atoms with E-state index < -0.39 is 0 Å². The van der Waals surface area contributed by atoms with Gasteiger partial charge < -0.3 is 4.74 Å². The fourth-order valence-electron chi connectivity index (χ4n) is 2.82. The van der Waals surface area contributed by atoms with Gasteiger partial charge in [0.05, 0.1) is 18.1 Å². The van der Waals surface area contributed by atoms with E-state index in [0.29, 0.717) is 5.92 Å². The van der Waals surface area contributed by atoms with E-state index in [9.17, 15) is 4.79 Å². The zero-order valence-electron chi connectivity index (χ0n) is 16.3. The highest BCUT2D eigenvalue weighted by Crippen LogP contribution is 2.27. The summed E-state index contributed by atoms with van der Waals surface area (Å²) in [5.74, 6) is 0.724. The second-order valence-corrected chi connectivity index (χ2v) is 6.84. The highest BCUT2D eigenvalue weighted by atomic mass is 16.5. The molecule has 0 radical (unpaired) electrons. The zero-order chi connectivity index (χ0) is 19.9. The number of hydrogen-bond donors (Lipinski definition) is 2. The number of nitrogens with one attached hydrogen (secondary N) is 2. The second-order valence-electron chi connectivity index (χ2n) is 6.84. The van der Waals surface area contributed by atoms with E-state index >= 15 is 0 Å². The maximum Gasteiger partial charge on any atom is 0.277 e. The summed E-state index contributed by atoms with van der Waals surface area (Å²) >= 11 is 0. The Morgan fingerprint density at radius 1 is 1.25 bits per heavy atom. The Hall–Kier alpha value is -3.41. The second kappa shape index (κ2) is 8.99. The highest BCUT2D eigenvalue weighted by Gasteiger charge is 2.10. The molecule has 0 unspecified atom stereocenters. The third-order valence-electron chi connectivity index (χ3n) is 4.27. The van der Waals surface area contributed by atoms with Crippen LogP contribution in [0, 0.1) is 6.92 Å². The summed E-state index contributed by atoms with van der Waals surface area (Å²) in [4.78, 5) is 12.1. The predicted octanol–water partition coefficient (Wildman–Crippen LogP) is 4.04. The summed E-state index contributed by atoms with van der Waals surface area (Å²) in [6.45, 7) is 6.09. The van der Waals surface area contributed by atoms with E-state index in [0.717, 1.165) is 33.7 Å². The molecule has 28 heavy (non-hydrogen) atoms. The first-order valence-corrected chi connectivity index (χ1v) is 9.18. The van der Waals surface area contributed by atoms with Crippen molar-refractivity contribution in [2.45, 2.75) is 26.7 Å². The van der Waals surface area contributed by atoms with E-state index in [1.807, 2.05) is 55.5 Å². The van der Waals surface area contributed by atoms with Crippen LogP contribution in [0.2, 0.25) is 0 Å². The summed E-state index contributed by atoms with van der Waals surface area (Å²) in [6, 6.07) is 15.8. The monoisotopic (exact) mass is 376 g/mol. The minimum Gasteiger partial charge on any atom is -0.483 e. The van der Waals surface area contributed by atoms with Gasteiger partial charge in [-0.15, -0.1) is 0 Å². The SMILES string of the molecule is Cc1ccc(C(C)C)c(OCC(=O)N/N=C\c2cn[nH]c2-c2ccccc2)c1. The van der Waals surface area contributed by atoms with Crippen LogP contribution >= 0.6 is 0 Å². The van der Waals surface area contributed by atoms with E-state index in [1.165, 1.54) is 0 Å². The van der Waals surface area contributed by atoms with Crippen LogP contribution in [-0.4, -0.2) is 28.9 Å². The van der Waals surface area contributed by atoms with E-state index in [2.05, 4.69) is 34.6 Å². The van der Waals surface area contributed by atoms with Crippen molar-refractivity contribution in [3.05, 3.63) is 71.4 Å². The zero-order valence-corrected chi connectivity index (χ0v) is 16.3. The lowest BCUT2D eigenvalue weighted by Crippen LogP contribution is -2.25. The number of amides is 1. The average Bonchev–Trinajstić information content (AvgIpc) is 3.15. The number of H-pyrrole nitrogens is 1. The third kappa shape index (κ3) is 4.85. The highest BCUT2D eigenvalue weighted by molar-refractivity contribution is 5.89. The Labute approximate surface area is 164 Å². The van der Waals surface area contributed by atoms with Crippen LogP contribution in [0.25, 0.3) is 11.3 Å². The van der Waals surface area contributed by atoms with Crippen LogP contribution in [0.15, 0.2) is 59.8 Å². The molecule has 1 amide bonds. The molecule has 0 aliphatic heterocycles. The summed E-state index contributed by atoms with van der Waals surface area (Å²) in [6.07, 6.45) is 3.23. The molecule has 0 aliphatic rings. The molecule has 6 nitrogen and oxygen atoms in total. The number of hydrazone groups is 1. The first-order valence-electron chi connectivity index (χ1n) is 9.18. The van der Waals surface area contributed by atoms with Crippen LogP contribution in [0.3, 0.4) is 0 Å². The van der Waals surface area contributed by atoms with Crippen molar-refractivity contribution in [2.75, 3.05) is 6.61 Å². The van der Waals surface area contributed by atoms with Crippen molar-refractivity contribution in [3.8, 4) is 17.0 Å². The van der Waals surface area contributed by atoms with Gasteiger partial charge in [0.25, 0.3) is 5.91 Å². The van der Waals surface area contributed by atoms with E-state index in [4.69, 9.17) is 4.74 Å². The van der Waals surface area contributed by atoms with Crippen molar-refractivity contribution in [2.24, 2.45) is 5.10 Å². The molecule has 144 valence electrons. The van der Waals surface area contributed by atoms with E-state index in [-0.39, 0.29) is 12.5 Å². The van der Waals surface area contributed by atoms with Crippen molar-refractivity contribution in [3.63, 3.8) is 0 Å². The first-order chi connectivity index (χ1) is 13.5. The van der Waals surface area contributed by atoms with Crippen LogP contribution in [0.5, 0.6) is 5.75 Å². The third-order valence-corrected chi connectivity index (χ3v) is 4.27. The number of nitrogens with zero attached hydrogens (tertiary/aromatic N) is 2. The number of benzene rings is 2. The van der Waals surface area contributed by atoms with Gasteiger partial charge in [-0.25, -0.2) is 5.43 Å². The molecular formula is C22H24N4O2. The lowest BCUT2D eigenvalue weighted by Gasteiger charge is -2.14. The van der Waals surface area contributed by atoms with Crippen LogP contribution in [0.4, 0.5) is 0 Å². The van der Waals surface area contributed by atoms with Crippen LogP contribution in [-0.2, 0) is 4.79 Å². The fraction of sp³-hybridized carbons (Fsp3) is 0.227. The van der Waals surface area contributed by atoms with Crippen molar-refractivity contribution >= 4 is 12.1 Å². The van der Waals surface area contributed by atoms with Gasteiger partial charge in [-0.1, -0.05) is 56.3 Å². The molecule has 2 aromatic carbocycles. The maximum atomic E-state index is 12.1. The van der Waals surface area contributed by atoms with Gasteiger partial charge in [0, 0.05) is 11.1 Å². The summed E-state index contributed by atoms with van der Waals surface area (Å²) in [5.41, 5.74) is 7.29. The van der Waals surface area contributed by atoms with Gasteiger partial charge in [-0.2, -0.15) is 10.2 Å². The Morgan fingerprint density at radius 2 is 2.04 bits per heavy atom. The number of ether oxygens (including phenoxy) is 1. The molecule has 6 heteroatoms. The number of aryl methyl sites for hydroxylation is 1. The van der Waals surface area contributed by atoms with Crippen molar-refractivity contribution in [1.29, 1.82) is 0 Å². The number of aromatic amines is 1. The van der Waals surface area contributed by atoms with Crippen LogP contribution in [0.1, 0.15) is 36.5 Å². The first kappa shape index (κ1) is 19.4. The van der Waals surface area contributed by atoms with Gasteiger partial charge >= 0.3 is 0 Å². The van der Waals surface area contributed by atoms with Crippen molar-refractivity contribution < 1.29 is 9.53 Å². The number of hydrogen-bond acceptors (Lipinski definition) is 4. The summed E-state index contributed by atoms with van der Waals surface area (Å²) in [7, 11) is 0. The fourth-order valence-corrected chi connectivity index (χ4v) is 2.82. The molecule has 0 atom stereocenters. The Morgan fingerprint density at radius 3 is 2.79 bits per heavy atom. The predicted molar refractivity (Wildman–Crippen MR) is 111 cm³/mol.